The minimum atomic E-state index is -0.896. The quantitative estimate of drug-likeness (QED) is 0.773. The van der Waals surface area contributed by atoms with Gasteiger partial charge in [0.1, 0.15) is 18.8 Å². The Kier molecular flexibility index (Phi) is 4.29. The molecule has 0 aromatic heterocycles. The first-order valence-electron chi connectivity index (χ1n) is 8.99. The molecule has 2 aliphatic heterocycles. The Morgan fingerprint density at radius 3 is 2.67 bits per heavy atom. The predicted octanol–water partition coefficient (Wildman–Crippen LogP) is 1.37. The van der Waals surface area contributed by atoms with Crippen molar-refractivity contribution in [1.82, 2.24) is 15.8 Å². The molecule has 1 aliphatic carbocycles. The van der Waals surface area contributed by atoms with E-state index in [-0.39, 0.29) is 5.56 Å². The second-order valence-corrected chi connectivity index (χ2v) is 6.86. The summed E-state index contributed by atoms with van der Waals surface area (Å²) in [6.07, 6.45) is 3.94. The van der Waals surface area contributed by atoms with Gasteiger partial charge in [0.15, 0.2) is 11.5 Å². The lowest BCUT2D eigenvalue weighted by Crippen LogP contribution is -2.50. The molecule has 0 bridgehead atoms. The molecule has 27 heavy (non-hydrogen) atoms. The number of amides is 4. The number of imide groups is 1. The van der Waals surface area contributed by atoms with Crippen LogP contribution < -0.4 is 25.0 Å². The van der Waals surface area contributed by atoms with Crippen molar-refractivity contribution in [2.24, 2.45) is 0 Å². The fourth-order valence-corrected chi connectivity index (χ4v) is 3.79. The van der Waals surface area contributed by atoms with E-state index < -0.39 is 23.4 Å². The number of hydrazine groups is 1. The highest BCUT2D eigenvalue weighted by Gasteiger charge is 2.52. The van der Waals surface area contributed by atoms with Gasteiger partial charge >= 0.3 is 6.03 Å². The average molecular weight is 375 g/mol. The standard InChI is InChI=1S/C18H21N3O6/c1-25-12-9-11(10-13-14(12)27-8-7-26-13)15(22)20-21-16(23)18(19-17(21)24)5-3-2-4-6-18/h9-10H,2-8H2,1H3,(H,19,24)(H,20,22). The van der Waals surface area contributed by atoms with Crippen molar-refractivity contribution in [3.63, 3.8) is 0 Å². The molecule has 1 aromatic rings. The minimum Gasteiger partial charge on any atom is -0.493 e. The van der Waals surface area contributed by atoms with E-state index in [1.54, 1.807) is 0 Å². The van der Waals surface area contributed by atoms with Crippen molar-refractivity contribution >= 4 is 17.8 Å². The number of rotatable bonds is 3. The predicted molar refractivity (Wildman–Crippen MR) is 92.6 cm³/mol. The van der Waals surface area contributed by atoms with Gasteiger partial charge in [-0.1, -0.05) is 19.3 Å². The molecule has 1 saturated carbocycles. The van der Waals surface area contributed by atoms with Gasteiger partial charge in [-0.2, -0.15) is 5.01 Å². The Hall–Kier alpha value is -2.97. The molecule has 0 radical (unpaired) electrons. The van der Waals surface area contributed by atoms with Gasteiger partial charge in [-0.3, -0.25) is 15.0 Å². The van der Waals surface area contributed by atoms with Gasteiger partial charge in [0.25, 0.3) is 11.8 Å². The third-order valence-corrected chi connectivity index (χ3v) is 5.17. The molecule has 144 valence electrons. The maximum Gasteiger partial charge on any atom is 0.344 e. The highest BCUT2D eigenvalue weighted by atomic mass is 16.6. The third kappa shape index (κ3) is 2.92. The van der Waals surface area contributed by atoms with Crippen LogP contribution in [-0.2, 0) is 4.79 Å². The first-order valence-corrected chi connectivity index (χ1v) is 8.99. The van der Waals surface area contributed by atoms with Crippen molar-refractivity contribution < 1.29 is 28.6 Å². The summed E-state index contributed by atoms with van der Waals surface area (Å²) in [7, 11) is 1.46. The molecule has 1 saturated heterocycles. The van der Waals surface area contributed by atoms with Gasteiger partial charge in [-0.15, -0.1) is 0 Å². The van der Waals surface area contributed by atoms with Crippen LogP contribution in [0.1, 0.15) is 42.5 Å². The molecule has 3 aliphatic rings. The lowest BCUT2D eigenvalue weighted by Gasteiger charge is -2.30. The molecule has 2 heterocycles. The number of nitrogens with zero attached hydrogens (tertiary/aromatic N) is 1. The van der Waals surface area contributed by atoms with Gasteiger partial charge in [0, 0.05) is 5.56 Å². The van der Waals surface area contributed by atoms with Crippen molar-refractivity contribution in [3.05, 3.63) is 17.7 Å². The number of methoxy groups -OCH3 is 1. The van der Waals surface area contributed by atoms with E-state index in [2.05, 4.69) is 10.7 Å². The molecule has 9 heteroatoms. The Morgan fingerprint density at radius 1 is 1.19 bits per heavy atom. The van der Waals surface area contributed by atoms with E-state index in [0.29, 0.717) is 43.3 Å². The van der Waals surface area contributed by atoms with Crippen LogP contribution in [0, 0.1) is 0 Å². The summed E-state index contributed by atoms with van der Waals surface area (Å²) in [4.78, 5) is 37.7. The Bertz CT molecular complexity index is 785. The number of carbonyl (C=O) groups excluding carboxylic acids is 3. The summed E-state index contributed by atoms with van der Waals surface area (Å²) in [6.45, 7) is 0.746. The number of nitrogens with one attached hydrogen (secondary N) is 2. The second kappa shape index (κ2) is 6.64. The topological polar surface area (TPSA) is 106 Å². The lowest BCUT2D eigenvalue weighted by molar-refractivity contribution is -0.134. The van der Waals surface area contributed by atoms with Crippen LogP contribution in [0.4, 0.5) is 4.79 Å². The molecule has 4 rings (SSSR count). The fourth-order valence-electron chi connectivity index (χ4n) is 3.79. The van der Waals surface area contributed by atoms with Crippen LogP contribution in [0.3, 0.4) is 0 Å². The highest BCUT2D eigenvalue weighted by Crippen LogP contribution is 2.40. The number of fused-ring (bicyclic) bond motifs is 1. The SMILES string of the molecule is COc1cc(C(=O)NN2C(=O)NC3(CCCCC3)C2=O)cc2c1OCCO2. The van der Waals surface area contributed by atoms with Crippen LogP contribution in [0.25, 0.3) is 0 Å². The first-order chi connectivity index (χ1) is 13.0. The zero-order valence-electron chi connectivity index (χ0n) is 15.0. The average Bonchev–Trinajstić information content (AvgIpc) is 2.91. The third-order valence-electron chi connectivity index (χ3n) is 5.17. The summed E-state index contributed by atoms with van der Waals surface area (Å²) in [5.41, 5.74) is 1.71. The number of urea groups is 1. The monoisotopic (exact) mass is 375 g/mol. The summed E-state index contributed by atoms with van der Waals surface area (Å²) < 4.78 is 16.3. The maximum absolute atomic E-state index is 12.8. The Morgan fingerprint density at radius 2 is 1.93 bits per heavy atom. The van der Waals surface area contributed by atoms with E-state index in [1.807, 2.05) is 0 Å². The summed E-state index contributed by atoms with van der Waals surface area (Å²) >= 11 is 0. The van der Waals surface area contributed by atoms with E-state index in [1.165, 1.54) is 19.2 Å². The Balaban J connectivity index is 1.56. The first kappa shape index (κ1) is 17.4. The van der Waals surface area contributed by atoms with Gasteiger partial charge in [-0.05, 0) is 25.0 Å². The minimum absolute atomic E-state index is 0.196. The van der Waals surface area contributed by atoms with E-state index >= 15 is 0 Å². The molecule has 1 spiro atoms. The van der Waals surface area contributed by atoms with Crippen molar-refractivity contribution in [2.75, 3.05) is 20.3 Å². The van der Waals surface area contributed by atoms with Crippen LogP contribution in [0.5, 0.6) is 17.2 Å². The number of ether oxygens (including phenoxy) is 3. The largest absolute Gasteiger partial charge is 0.493 e. The van der Waals surface area contributed by atoms with Crippen LogP contribution in [0.15, 0.2) is 12.1 Å². The van der Waals surface area contributed by atoms with Gasteiger partial charge in [0.05, 0.1) is 7.11 Å². The van der Waals surface area contributed by atoms with Gasteiger partial charge in [-0.25, -0.2) is 4.79 Å². The number of hydrogen-bond acceptors (Lipinski definition) is 6. The smallest absolute Gasteiger partial charge is 0.344 e. The zero-order valence-corrected chi connectivity index (χ0v) is 15.0. The van der Waals surface area contributed by atoms with E-state index in [9.17, 15) is 14.4 Å². The van der Waals surface area contributed by atoms with Gasteiger partial charge < -0.3 is 19.5 Å². The zero-order chi connectivity index (χ0) is 19.0. The van der Waals surface area contributed by atoms with E-state index in [0.717, 1.165) is 24.3 Å². The molecular weight excluding hydrogens is 354 g/mol. The number of benzene rings is 1. The summed E-state index contributed by atoms with van der Waals surface area (Å²) in [6, 6.07) is 2.37. The van der Waals surface area contributed by atoms with Crippen LogP contribution in [0.2, 0.25) is 0 Å². The van der Waals surface area contributed by atoms with Crippen molar-refractivity contribution in [3.8, 4) is 17.2 Å². The Labute approximate surface area is 155 Å². The van der Waals surface area contributed by atoms with Crippen molar-refractivity contribution in [2.45, 2.75) is 37.6 Å². The molecule has 4 amide bonds. The van der Waals surface area contributed by atoms with Crippen LogP contribution >= 0.6 is 0 Å². The lowest BCUT2D eigenvalue weighted by atomic mass is 9.82. The normalized spacial score (nSPS) is 20.4. The van der Waals surface area contributed by atoms with E-state index in [4.69, 9.17) is 14.2 Å². The molecule has 1 aromatic carbocycles. The highest BCUT2D eigenvalue weighted by molar-refractivity contribution is 6.09. The van der Waals surface area contributed by atoms with Gasteiger partial charge in [0.2, 0.25) is 5.75 Å². The molecular formula is C18H21N3O6. The molecule has 2 N–H and O–H groups in total. The molecule has 2 fully saturated rings. The fraction of sp³-hybridized carbons (Fsp3) is 0.500. The molecule has 0 atom stereocenters. The second-order valence-electron chi connectivity index (χ2n) is 6.86. The molecule has 9 nitrogen and oxygen atoms in total. The maximum atomic E-state index is 12.8. The summed E-state index contributed by atoms with van der Waals surface area (Å²) in [5.74, 6) is 0.133. The van der Waals surface area contributed by atoms with Crippen LogP contribution in [-0.4, -0.2) is 48.7 Å². The summed E-state index contributed by atoms with van der Waals surface area (Å²) in [5, 5.41) is 3.53. The number of carbonyl (C=O) groups is 3. The number of hydrogen-bond donors (Lipinski definition) is 2. The molecule has 0 unspecified atom stereocenters. The van der Waals surface area contributed by atoms with Crippen molar-refractivity contribution in [1.29, 1.82) is 0 Å².